The molecule has 3 aromatic rings. The molecule has 4 rings (SSSR count). The van der Waals surface area contributed by atoms with Crippen LogP contribution in [0.2, 0.25) is 0 Å². The van der Waals surface area contributed by atoms with Gasteiger partial charge in [-0.25, -0.2) is 8.78 Å². The summed E-state index contributed by atoms with van der Waals surface area (Å²) in [5, 5.41) is 9.38. The maximum absolute atomic E-state index is 14.6. The first-order valence-corrected chi connectivity index (χ1v) is 11.7. The smallest absolute Gasteiger partial charge is 0.314 e. The predicted molar refractivity (Wildman–Crippen MR) is 126 cm³/mol. The number of aromatic hydroxyl groups is 1. The number of ether oxygens (including phenoxy) is 2. The van der Waals surface area contributed by atoms with Gasteiger partial charge in [0.1, 0.15) is 11.6 Å². The second-order valence-electron chi connectivity index (χ2n) is 8.74. The van der Waals surface area contributed by atoms with E-state index in [-0.39, 0.29) is 29.7 Å². The van der Waals surface area contributed by atoms with Crippen LogP contribution in [-0.4, -0.2) is 17.7 Å². The Bertz CT molecular complexity index is 1190. The topological polar surface area (TPSA) is 55.8 Å². The third kappa shape index (κ3) is 5.68. The van der Waals surface area contributed by atoms with E-state index in [9.17, 15) is 23.1 Å². The molecule has 7 heteroatoms. The van der Waals surface area contributed by atoms with Crippen LogP contribution in [0.25, 0.3) is 11.1 Å². The van der Waals surface area contributed by atoms with Crippen LogP contribution >= 0.6 is 0 Å². The summed E-state index contributed by atoms with van der Waals surface area (Å²) in [6, 6.07) is 13.4. The Hall–Kier alpha value is -3.32. The molecule has 0 heterocycles. The summed E-state index contributed by atoms with van der Waals surface area (Å²) in [5.41, 5.74) is 1.78. The molecular formula is C28H27F3O4. The van der Waals surface area contributed by atoms with E-state index in [1.54, 1.807) is 6.07 Å². The Morgan fingerprint density at radius 2 is 1.66 bits per heavy atom. The van der Waals surface area contributed by atoms with E-state index in [4.69, 9.17) is 9.47 Å². The zero-order valence-electron chi connectivity index (χ0n) is 19.4. The third-order valence-electron chi connectivity index (χ3n) is 6.51. The first kappa shape index (κ1) is 24.8. The van der Waals surface area contributed by atoms with Gasteiger partial charge in [-0.05, 0) is 80.0 Å². The Morgan fingerprint density at radius 3 is 2.31 bits per heavy atom. The molecule has 0 bridgehead atoms. The SMILES string of the molecule is CCOCc1ccc(C2CCC(C(=O)Oc3ccc(-c4ccc(O)cc4)c(F)c3F)CC2)cc1F. The summed E-state index contributed by atoms with van der Waals surface area (Å²) in [5.74, 6) is -4.02. The fraction of sp³-hybridized carbons (Fsp3) is 0.321. The van der Waals surface area contributed by atoms with E-state index in [0.717, 1.165) is 5.56 Å². The normalized spacial score (nSPS) is 17.8. The minimum atomic E-state index is -1.24. The minimum absolute atomic E-state index is 0.00214. The average molecular weight is 485 g/mol. The lowest BCUT2D eigenvalue weighted by Gasteiger charge is -2.27. The van der Waals surface area contributed by atoms with Crippen LogP contribution in [-0.2, 0) is 16.1 Å². The highest BCUT2D eigenvalue weighted by Crippen LogP contribution is 2.38. The van der Waals surface area contributed by atoms with E-state index in [1.807, 2.05) is 13.0 Å². The van der Waals surface area contributed by atoms with Gasteiger partial charge in [-0.3, -0.25) is 4.79 Å². The second kappa shape index (κ2) is 11.0. The molecule has 0 aromatic heterocycles. The molecule has 1 aliphatic rings. The zero-order valence-corrected chi connectivity index (χ0v) is 19.4. The number of rotatable bonds is 7. The van der Waals surface area contributed by atoms with Gasteiger partial charge in [0.25, 0.3) is 0 Å². The number of esters is 1. The number of phenols is 1. The Kier molecular flexibility index (Phi) is 7.76. The first-order valence-electron chi connectivity index (χ1n) is 11.7. The van der Waals surface area contributed by atoms with Gasteiger partial charge < -0.3 is 14.6 Å². The van der Waals surface area contributed by atoms with E-state index >= 15 is 0 Å². The molecule has 4 nitrogen and oxygen atoms in total. The quantitative estimate of drug-likeness (QED) is 0.293. The van der Waals surface area contributed by atoms with Crippen LogP contribution in [0.5, 0.6) is 11.5 Å². The average Bonchev–Trinajstić information content (AvgIpc) is 2.87. The molecule has 0 saturated heterocycles. The minimum Gasteiger partial charge on any atom is -0.508 e. The van der Waals surface area contributed by atoms with Gasteiger partial charge in [-0.15, -0.1) is 0 Å². The summed E-state index contributed by atoms with van der Waals surface area (Å²) in [4.78, 5) is 12.7. The summed E-state index contributed by atoms with van der Waals surface area (Å²) in [7, 11) is 0. The third-order valence-corrected chi connectivity index (χ3v) is 6.51. The van der Waals surface area contributed by atoms with E-state index in [1.165, 1.54) is 42.5 Å². The largest absolute Gasteiger partial charge is 0.508 e. The molecule has 0 amide bonds. The molecule has 184 valence electrons. The molecule has 0 aliphatic heterocycles. The Morgan fingerprint density at radius 1 is 0.943 bits per heavy atom. The number of hydrogen-bond acceptors (Lipinski definition) is 4. The van der Waals surface area contributed by atoms with Crippen LogP contribution in [0.1, 0.15) is 49.7 Å². The molecule has 35 heavy (non-hydrogen) atoms. The first-order chi connectivity index (χ1) is 16.9. The van der Waals surface area contributed by atoms with Gasteiger partial charge in [-0.1, -0.05) is 24.3 Å². The predicted octanol–water partition coefficient (Wildman–Crippen LogP) is 6.89. The van der Waals surface area contributed by atoms with Crippen LogP contribution in [0.15, 0.2) is 54.6 Å². The van der Waals surface area contributed by atoms with Crippen molar-refractivity contribution in [3.63, 3.8) is 0 Å². The lowest BCUT2D eigenvalue weighted by Crippen LogP contribution is -2.25. The van der Waals surface area contributed by atoms with E-state index < -0.39 is 29.3 Å². The lowest BCUT2D eigenvalue weighted by atomic mass is 9.78. The Labute approximate surface area is 202 Å². The summed E-state index contributed by atoms with van der Waals surface area (Å²) in [6.45, 7) is 2.60. The Balaban J connectivity index is 1.37. The maximum Gasteiger partial charge on any atom is 0.314 e. The number of phenolic OH excluding ortho intramolecular Hbond substituents is 1. The van der Waals surface area contributed by atoms with Gasteiger partial charge in [0, 0.05) is 17.7 Å². The number of carbonyl (C=O) groups is 1. The van der Waals surface area contributed by atoms with Gasteiger partial charge in [-0.2, -0.15) is 4.39 Å². The van der Waals surface area contributed by atoms with Crippen molar-refractivity contribution in [2.45, 2.75) is 45.1 Å². The van der Waals surface area contributed by atoms with Crippen LogP contribution in [0.3, 0.4) is 0 Å². The van der Waals surface area contributed by atoms with Crippen molar-refractivity contribution in [1.82, 2.24) is 0 Å². The van der Waals surface area contributed by atoms with Crippen LogP contribution < -0.4 is 4.74 Å². The van der Waals surface area contributed by atoms with E-state index in [0.29, 0.717) is 43.4 Å². The monoisotopic (exact) mass is 484 g/mol. The van der Waals surface area contributed by atoms with Crippen molar-refractivity contribution in [2.24, 2.45) is 5.92 Å². The van der Waals surface area contributed by atoms with Crippen molar-refractivity contribution >= 4 is 5.97 Å². The number of carbonyl (C=O) groups excluding carboxylic acids is 1. The number of benzene rings is 3. The van der Waals surface area contributed by atoms with E-state index in [2.05, 4.69) is 0 Å². The molecule has 0 radical (unpaired) electrons. The maximum atomic E-state index is 14.6. The fourth-order valence-corrected chi connectivity index (χ4v) is 4.48. The summed E-state index contributed by atoms with van der Waals surface area (Å²) >= 11 is 0. The molecule has 1 fully saturated rings. The van der Waals surface area contributed by atoms with Crippen molar-refractivity contribution < 1.29 is 32.5 Å². The second-order valence-corrected chi connectivity index (χ2v) is 8.74. The molecule has 1 saturated carbocycles. The standard InChI is InChI=1S/C28H27F3O4/c1-2-34-16-21-8-7-20(15-24(21)29)17-3-5-19(6-4-17)28(33)35-25-14-13-23(26(30)27(25)31)18-9-11-22(32)12-10-18/h7-15,17,19,32H,2-6,16H2,1H3. The highest BCUT2D eigenvalue weighted by Gasteiger charge is 2.30. The lowest BCUT2D eigenvalue weighted by molar-refractivity contribution is -0.140. The van der Waals surface area contributed by atoms with Crippen LogP contribution in [0.4, 0.5) is 13.2 Å². The molecule has 1 N–H and O–H groups in total. The molecular weight excluding hydrogens is 457 g/mol. The molecule has 3 aromatic carbocycles. The molecule has 1 aliphatic carbocycles. The molecule has 0 spiro atoms. The number of hydrogen-bond donors (Lipinski definition) is 1. The van der Waals surface area contributed by atoms with Crippen molar-refractivity contribution in [1.29, 1.82) is 0 Å². The van der Waals surface area contributed by atoms with Crippen molar-refractivity contribution in [2.75, 3.05) is 6.61 Å². The summed E-state index contributed by atoms with van der Waals surface area (Å²) in [6.07, 6.45) is 2.37. The van der Waals surface area contributed by atoms with Crippen LogP contribution in [0, 0.1) is 23.4 Å². The molecule has 0 atom stereocenters. The fourth-order valence-electron chi connectivity index (χ4n) is 4.48. The highest BCUT2D eigenvalue weighted by molar-refractivity contribution is 5.76. The number of halogens is 3. The van der Waals surface area contributed by atoms with Crippen molar-refractivity contribution in [3.05, 3.63) is 83.2 Å². The summed E-state index contributed by atoms with van der Waals surface area (Å²) < 4.78 is 54.1. The van der Waals surface area contributed by atoms with Gasteiger partial charge >= 0.3 is 5.97 Å². The van der Waals surface area contributed by atoms with Gasteiger partial charge in [0.15, 0.2) is 11.6 Å². The van der Waals surface area contributed by atoms with Gasteiger partial charge in [0.2, 0.25) is 5.82 Å². The van der Waals surface area contributed by atoms with Crippen molar-refractivity contribution in [3.8, 4) is 22.6 Å². The highest BCUT2D eigenvalue weighted by atomic mass is 19.2. The molecule has 0 unspecified atom stereocenters. The zero-order chi connectivity index (χ0) is 24.9. The van der Waals surface area contributed by atoms with Gasteiger partial charge in [0.05, 0.1) is 12.5 Å².